The molecule has 1 amide bonds. The van der Waals surface area contributed by atoms with Gasteiger partial charge < -0.3 is 20.8 Å². The molecule has 0 bridgehead atoms. The molecule has 1 saturated heterocycles. The molecule has 2 aliphatic rings. The molecule has 1 unspecified atom stereocenters. The average Bonchev–Trinajstić information content (AvgIpc) is 3.09. The fraction of sp³-hybridized carbons (Fsp3) is 0.455. The van der Waals surface area contributed by atoms with Crippen LogP contribution < -0.4 is 10.5 Å². The zero-order valence-corrected chi connectivity index (χ0v) is 18.2. The third-order valence-corrected chi connectivity index (χ3v) is 6.45. The molecule has 1 aliphatic heterocycles. The summed E-state index contributed by atoms with van der Waals surface area (Å²) in [6.07, 6.45) is 1.73. The van der Waals surface area contributed by atoms with Gasteiger partial charge in [-0.1, -0.05) is 11.6 Å². The summed E-state index contributed by atoms with van der Waals surface area (Å²) in [6, 6.07) is 4.10. The molecule has 1 aromatic heterocycles. The number of nitrogens with two attached hydrogens (primary N) is 1. The highest BCUT2D eigenvalue weighted by Crippen LogP contribution is 2.31. The molecule has 1 atom stereocenters. The predicted octanol–water partition coefficient (Wildman–Crippen LogP) is 3.26. The molecule has 4 rings (SSSR count). The van der Waals surface area contributed by atoms with E-state index in [1.807, 2.05) is 0 Å². The standard InChI is InChI=1S/C22H25ClFN5O2/c1-11-20(23)12(2)28-21(27-11)17-8-29(9-18(17)26)22(30)16-4-3-14(24)7-19(16)31-10-13-5-15(25)6-13/h3-4,7,13,15,17,26H,5-6,8-10,25H2,1-2H3. The fourth-order valence-electron chi connectivity index (χ4n) is 4.08. The number of aromatic nitrogens is 2. The second-order valence-corrected chi connectivity index (χ2v) is 8.76. The van der Waals surface area contributed by atoms with Crippen LogP contribution in [0.2, 0.25) is 5.02 Å². The third kappa shape index (κ3) is 4.41. The van der Waals surface area contributed by atoms with Crippen molar-refractivity contribution in [2.75, 3.05) is 19.7 Å². The van der Waals surface area contributed by atoms with Crippen LogP contribution in [-0.4, -0.2) is 52.2 Å². The van der Waals surface area contributed by atoms with E-state index in [1.54, 1.807) is 18.7 Å². The van der Waals surface area contributed by atoms with Crippen LogP contribution >= 0.6 is 11.6 Å². The Bertz CT molecular complexity index is 1020. The molecule has 1 aliphatic carbocycles. The lowest BCUT2D eigenvalue weighted by Gasteiger charge is -2.32. The molecule has 9 heteroatoms. The number of nitrogens with zero attached hydrogens (tertiary/aromatic N) is 3. The van der Waals surface area contributed by atoms with E-state index in [4.69, 9.17) is 27.5 Å². The molecule has 2 fully saturated rings. The highest BCUT2D eigenvalue weighted by atomic mass is 35.5. The molecule has 2 aromatic rings. The van der Waals surface area contributed by atoms with Gasteiger partial charge in [0.05, 0.1) is 41.0 Å². The molecule has 3 N–H and O–H groups in total. The topological polar surface area (TPSA) is 105 Å². The molecular weight excluding hydrogens is 421 g/mol. The number of ether oxygens (including phenoxy) is 1. The van der Waals surface area contributed by atoms with Crippen LogP contribution in [0.3, 0.4) is 0 Å². The van der Waals surface area contributed by atoms with Crippen LogP contribution in [0, 0.1) is 31.0 Å². The second kappa shape index (κ2) is 8.51. The van der Waals surface area contributed by atoms with E-state index >= 15 is 0 Å². The molecule has 1 aromatic carbocycles. The summed E-state index contributed by atoms with van der Waals surface area (Å²) < 4.78 is 19.6. The van der Waals surface area contributed by atoms with Gasteiger partial charge >= 0.3 is 0 Å². The number of benzene rings is 1. The van der Waals surface area contributed by atoms with Crippen molar-refractivity contribution in [1.82, 2.24) is 14.9 Å². The van der Waals surface area contributed by atoms with E-state index in [2.05, 4.69) is 9.97 Å². The lowest BCUT2D eigenvalue weighted by molar-refractivity contribution is 0.0786. The summed E-state index contributed by atoms with van der Waals surface area (Å²) >= 11 is 6.16. The van der Waals surface area contributed by atoms with Crippen LogP contribution in [0.1, 0.15) is 46.3 Å². The molecule has 7 nitrogen and oxygen atoms in total. The van der Waals surface area contributed by atoms with Crippen molar-refractivity contribution in [3.63, 3.8) is 0 Å². The van der Waals surface area contributed by atoms with E-state index in [-0.39, 0.29) is 36.4 Å². The summed E-state index contributed by atoms with van der Waals surface area (Å²) in [5.74, 6) is -0.162. The molecule has 31 heavy (non-hydrogen) atoms. The molecular formula is C22H25ClFN5O2. The van der Waals surface area contributed by atoms with Gasteiger partial charge in [0.15, 0.2) is 0 Å². The Morgan fingerprint density at radius 3 is 2.65 bits per heavy atom. The number of rotatable bonds is 5. The average molecular weight is 446 g/mol. The maximum atomic E-state index is 13.8. The van der Waals surface area contributed by atoms with Crippen LogP contribution in [0.4, 0.5) is 4.39 Å². The first-order valence-corrected chi connectivity index (χ1v) is 10.7. The monoisotopic (exact) mass is 445 g/mol. The Morgan fingerprint density at radius 2 is 2.00 bits per heavy atom. The SMILES string of the molecule is Cc1nc(C2CN(C(=O)c3ccc(F)cc3OCC3CC(N)C3)CC2=N)nc(C)c1Cl. The number of aryl methyl sites for hydroxylation is 2. The maximum Gasteiger partial charge on any atom is 0.257 e. The van der Waals surface area contributed by atoms with Crippen molar-refractivity contribution in [3.05, 3.63) is 51.8 Å². The lowest BCUT2D eigenvalue weighted by Crippen LogP contribution is -2.39. The normalized spacial score (nSPS) is 23.1. The van der Waals surface area contributed by atoms with Gasteiger partial charge in [-0.15, -0.1) is 0 Å². The van der Waals surface area contributed by atoms with Crippen molar-refractivity contribution in [2.24, 2.45) is 11.7 Å². The summed E-state index contributed by atoms with van der Waals surface area (Å²) in [4.78, 5) is 23.6. The van der Waals surface area contributed by atoms with Gasteiger partial charge in [0, 0.05) is 24.4 Å². The number of halogens is 2. The van der Waals surface area contributed by atoms with Gasteiger partial charge in [-0.05, 0) is 44.7 Å². The van der Waals surface area contributed by atoms with E-state index in [0.29, 0.717) is 40.5 Å². The highest BCUT2D eigenvalue weighted by molar-refractivity contribution is 6.31. The Hall–Kier alpha value is -2.58. The first-order chi connectivity index (χ1) is 14.7. The Morgan fingerprint density at radius 1 is 1.32 bits per heavy atom. The third-order valence-electron chi connectivity index (χ3n) is 5.90. The molecule has 0 radical (unpaired) electrons. The molecule has 2 heterocycles. The van der Waals surface area contributed by atoms with E-state index in [1.165, 1.54) is 18.2 Å². The van der Waals surface area contributed by atoms with E-state index in [0.717, 1.165) is 12.8 Å². The van der Waals surface area contributed by atoms with Gasteiger partial charge in [0.25, 0.3) is 5.91 Å². The summed E-state index contributed by atoms with van der Waals surface area (Å²) in [6.45, 7) is 4.40. The molecule has 1 saturated carbocycles. The van der Waals surface area contributed by atoms with Crippen molar-refractivity contribution in [2.45, 2.75) is 38.6 Å². The zero-order chi connectivity index (χ0) is 22.3. The Balaban J connectivity index is 1.51. The van der Waals surface area contributed by atoms with Crippen molar-refractivity contribution >= 4 is 23.2 Å². The quantitative estimate of drug-likeness (QED) is 0.734. The van der Waals surface area contributed by atoms with Crippen molar-refractivity contribution in [1.29, 1.82) is 5.41 Å². The van der Waals surface area contributed by atoms with E-state index < -0.39 is 11.7 Å². The summed E-state index contributed by atoms with van der Waals surface area (Å²) in [5, 5.41) is 8.89. The minimum Gasteiger partial charge on any atom is -0.492 e. The van der Waals surface area contributed by atoms with Crippen LogP contribution in [0.15, 0.2) is 18.2 Å². The Kier molecular flexibility index (Phi) is 5.94. The number of nitrogens with one attached hydrogen (secondary N) is 1. The van der Waals surface area contributed by atoms with Crippen LogP contribution in [0.25, 0.3) is 0 Å². The number of carbonyl (C=O) groups excluding carboxylic acids is 1. The predicted molar refractivity (Wildman–Crippen MR) is 115 cm³/mol. The van der Waals surface area contributed by atoms with Gasteiger partial charge in [0.1, 0.15) is 17.4 Å². The first-order valence-electron chi connectivity index (χ1n) is 10.3. The smallest absolute Gasteiger partial charge is 0.257 e. The van der Waals surface area contributed by atoms with Gasteiger partial charge in [-0.25, -0.2) is 14.4 Å². The number of amides is 1. The summed E-state index contributed by atoms with van der Waals surface area (Å²) in [5.41, 5.74) is 7.73. The second-order valence-electron chi connectivity index (χ2n) is 8.38. The van der Waals surface area contributed by atoms with Gasteiger partial charge in [0.2, 0.25) is 0 Å². The lowest BCUT2D eigenvalue weighted by atomic mass is 9.82. The number of likely N-dealkylation sites (tertiary alicyclic amines) is 1. The first kappa shape index (κ1) is 21.6. The molecule has 164 valence electrons. The van der Waals surface area contributed by atoms with Gasteiger partial charge in [-0.2, -0.15) is 0 Å². The molecule has 0 spiro atoms. The van der Waals surface area contributed by atoms with Crippen molar-refractivity contribution in [3.8, 4) is 5.75 Å². The highest BCUT2D eigenvalue weighted by Gasteiger charge is 2.36. The minimum absolute atomic E-state index is 0.155. The fourth-order valence-corrected chi connectivity index (χ4v) is 4.17. The maximum absolute atomic E-state index is 13.8. The van der Waals surface area contributed by atoms with E-state index in [9.17, 15) is 9.18 Å². The summed E-state index contributed by atoms with van der Waals surface area (Å²) in [7, 11) is 0. The van der Waals surface area contributed by atoms with Crippen molar-refractivity contribution < 1.29 is 13.9 Å². The van der Waals surface area contributed by atoms with Crippen LogP contribution in [-0.2, 0) is 0 Å². The number of carbonyl (C=O) groups is 1. The minimum atomic E-state index is -0.468. The number of hydrogen-bond acceptors (Lipinski definition) is 6. The van der Waals surface area contributed by atoms with Gasteiger partial charge in [-0.3, -0.25) is 4.79 Å². The largest absolute Gasteiger partial charge is 0.492 e. The zero-order valence-electron chi connectivity index (χ0n) is 17.5. The number of hydrogen-bond donors (Lipinski definition) is 2. The Labute approximate surface area is 185 Å². The van der Waals surface area contributed by atoms with Crippen LogP contribution in [0.5, 0.6) is 5.75 Å².